The van der Waals surface area contributed by atoms with Gasteiger partial charge in [0.1, 0.15) is 15.5 Å². The standard InChI is InChI=1S/C18H15N7O8/c1-9-15(17(26)22-19-7-11-3-5-13(32-11)24(28)29)10(2)21-16(9)18(27)23-20-8-12-4-6-14(33-12)25(30)31/h3-8,21H,1-2H3,(H,22,26)(H,23,27)/b19-7+,20-8+. The lowest BCUT2D eigenvalue weighted by atomic mass is 10.1. The molecule has 2 amide bonds. The number of carbonyl (C=O) groups excluding carboxylic acids is 2. The van der Waals surface area contributed by atoms with Gasteiger partial charge in [0, 0.05) is 5.69 Å². The molecule has 0 aliphatic rings. The highest BCUT2D eigenvalue weighted by molar-refractivity contribution is 6.02. The third-order valence-corrected chi connectivity index (χ3v) is 4.19. The van der Waals surface area contributed by atoms with Crippen LogP contribution in [0, 0.1) is 34.1 Å². The molecule has 0 spiro atoms. The van der Waals surface area contributed by atoms with Gasteiger partial charge in [-0.15, -0.1) is 0 Å². The van der Waals surface area contributed by atoms with Crippen LogP contribution in [0.25, 0.3) is 0 Å². The summed E-state index contributed by atoms with van der Waals surface area (Å²) >= 11 is 0. The molecule has 0 fully saturated rings. The molecule has 15 heteroatoms. The largest absolute Gasteiger partial charge is 0.433 e. The van der Waals surface area contributed by atoms with E-state index in [-0.39, 0.29) is 22.8 Å². The van der Waals surface area contributed by atoms with Gasteiger partial charge in [0.05, 0.1) is 30.1 Å². The number of nitrogens with one attached hydrogen (secondary N) is 3. The Morgan fingerprint density at radius 3 is 1.85 bits per heavy atom. The van der Waals surface area contributed by atoms with Crippen molar-refractivity contribution < 1.29 is 28.3 Å². The van der Waals surface area contributed by atoms with Crippen molar-refractivity contribution in [1.82, 2.24) is 15.8 Å². The fraction of sp³-hybridized carbons (Fsp3) is 0.111. The van der Waals surface area contributed by atoms with Crippen LogP contribution in [0.15, 0.2) is 43.3 Å². The summed E-state index contributed by atoms with van der Waals surface area (Å²) in [5.41, 5.74) is 5.39. The molecular formula is C18H15N7O8. The molecule has 0 aliphatic heterocycles. The van der Waals surface area contributed by atoms with Crippen LogP contribution >= 0.6 is 0 Å². The Kier molecular flexibility index (Phi) is 6.42. The van der Waals surface area contributed by atoms with E-state index < -0.39 is 33.4 Å². The fourth-order valence-corrected chi connectivity index (χ4v) is 2.76. The van der Waals surface area contributed by atoms with Crippen LogP contribution in [0.1, 0.15) is 43.6 Å². The van der Waals surface area contributed by atoms with Crippen molar-refractivity contribution >= 4 is 36.0 Å². The van der Waals surface area contributed by atoms with E-state index in [1.807, 2.05) is 0 Å². The smallest absolute Gasteiger partial charge is 0.400 e. The molecular weight excluding hydrogens is 442 g/mol. The highest BCUT2D eigenvalue weighted by Crippen LogP contribution is 2.18. The molecule has 0 aromatic carbocycles. The Balaban J connectivity index is 1.64. The van der Waals surface area contributed by atoms with Crippen LogP contribution in [-0.2, 0) is 0 Å². The molecule has 3 heterocycles. The first-order valence-corrected chi connectivity index (χ1v) is 9.01. The normalized spacial score (nSPS) is 11.2. The first-order valence-electron chi connectivity index (χ1n) is 9.01. The van der Waals surface area contributed by atoms with E-state index in [4.69, 9.17) is 8.83 Å². The second-order valence-corrected chi connectivity index (χ2v) is 6.39. The van der Waals surface area contributed by atoms with Crippen molar-refractivity contribution in [1.29, 1.82) is 0 Å². The Bertz CT molecular complexity index is 1300. The third kappa shape index (κ3) is 5.16. The number of aryl methyl sites for hydroxylation is 1. The van der Waals surface area contributed by atoms with Gasteiger partial charge < -0.3 is 13.8 Å². The van der Waals surface area contributed by atoms with Gasteiger partial charge in [0.15, 0.2) is 11.5 Å². The molecule has 33 heavy (non-hydrogen) atoms. The van der Waals surface area contributed by atoms with Gasteiger partial charge in [0.2, 0.25) is 0 Å². The van der Waals surface area contributed by atoms with E-state index in [2.05, 4.69) is 26.0 Å². The molecule has 0 unspecified atom stereocenters. The Morgan fingerprint density at radius 1 is 0.909 bits per heavy atom. The number of hydrogen-bond acceptors (Lipinski definition) is 10. The van der Waals surface area contributed by atoms with E-state index in [9.17, 15) is 29.8 Å². The van der Waals surface area contributed by atoms with Gasteiger partial charge >= 0.3 is 11.8 Å². The van der Waals surface area contributed by atoms with Crippen LogP contribution in [0.4, 0.5) is 11.8 Å². The van der Waals surface area contributed by atoms with Crippen LogP contribution in [0.5, 0.6) is 0 Å². The average Bonchev–Trinajstić information content (AvgIpc) is 3.47. The molecule has 3 aromatic rings. The number of aromatic nitrogens is 1. The van der Waals surface area contributed by atoms with Gasteiger partial charge in [-0.1, -0.05) is 0 Å². The summed E-state index contributed by atoms with van der Waals surface area (Å²) in [6.45, 7) is 3.11. The first-order chi connectivity index (χ1) is 15.7. The molecule has 0 saturated heterocycles. The first kappa shape index (κ1) is 22.6. The molecule has 0 bridgehead atoms. The molecule has 0 radical (unpaired) electrons. The number of H-pyrrole nitrogens is 1. The summed E-state index contributed by atoms with van der Waals surface area (Å²) < 4.78 is 9.77. The number of aromatic amines is 1. The Hall–Kier alpha value is -5.08. The monoisotopic (exact) mass is 457 g/mol. The minimum Gasteiger partial charge on any atom is -0.400 e. The van der Waals surface area contributed by atoms with Crippen molar-refractivity contribution in [3.8, 4) is 0 Å². The summed E-state index contributed by atoms with van der Waals surface area (Å²) in [5, 5.41) is 28.6. The van der Waals surface area contributed by atoms with Gasteiger partial charge in [0.25, 0.3) is 11.8 Å². The SMILES string of the molecule is Cc1[nH]c(C(=O)N/N=C/c2ccc([N+](=O)[O-])o2)c(C)c1C(=O)N/N=C/c1ccc([N+](=O)[O-])o1. The predicted molar refractivity (Wildman–Crippen MR) is 111 cm³/mol. The number of rotatable bonds is 8. The third-order valence-electron chi connectivity index (χ3n) is 4.19. The highest BCUT2D eigenvalue weighted by atomic mass is 16.7. The maximum atomic E-state index is 12.5. The summed E-state index contributed by atoms with van der Waals surface area (Å²) in [4.78, 5) is 47.4. The van der Waals surface area contributed by atoms with Crippen molar-refractivity contribution in [2.24, 2.45) is 10.2 Å². The van der Waals surface area contributed by atoms with Crippen LogP contribution < -0.4 is 10.9 Å². The summed E-state index contributed by atoms with van der Waals surface area (Å²) in [5.74, 6) is -2.13. The van der Waals surface area contributed by atoms with Crippen molar-refractivity contribution in [2.45, 2.75) is 13.8 Å². The molecule has 15 nitrogen and oxygen atoms in total. The molecule has 0 aliphatic carbocycles. The maximum absolute atomic E-state index is 12.5. The lowest BCUT2D eigenvalue weighted by Gasteiger charge is -2.01. The maximum Gasteiger partial charge on any atom is 0.433 e. The topological polar surface area (TPSA) is 211 Å². The number of hydrogen-bond donors (Lipinski definition) is 3. The number of hydrazone groups is 2. The van der Waals surface area contributed by atoms with Gasteiger partial charge in [-0.25, -0.2) is 10.9 Å². The highest BCUT2D eigenvalue weighted by Gasteiger charge is 2.22. The van der Waals surface area contributed by atoms with E-state index in [1.54, 1.807) is 6.92 Å². The number of nitrogens with zero attached hydrogens (tertiary/aromatic N) is 4. The minimum atomic E-state index is -0.712. The van der Waals surface area contributed by atoms with Gasteiger partial charge in [-0.05, 0) is 31.5 Å². The predicted octanol–water partition coefficient (Wildman–Crippen LogP) is 2.16. The second-order valence-electron chi connectivity index (χ2n) is 6.39. The Morgan fingerprint density at radius 2 is 1.39 bits per heavy atom. The van der Waals surface area contributed by atoms with Gasteiger partial charge in [-0.2, -0.15) is 10.2 Å². The molecule has 0 atom stereocenters. The molecule has 170 valence electrons. The molecule has 0 saturated carbocycles. The molecule has 3 rings (SSSR count). The zero-order valence-corrected chi connectivity index (χ0v) is 17.0. The number of amides is 2. The van der Waals surface area contributed by atoms with E-state index in [1.165, 1.54) is 19.1 Å². The lowest BCUT2D eigenvalue weighted by Crippen LogP contribution is -2.21. The minimum absolute atomic E-state index is 0.0567. The zero-order valence-electron chi connectivity index (χ0n) is 17.0. The summed E-state index contributed by atoms with van der Waals surface area (Å²) in [6, 6.07) is 4.90. The Labute approximate surface area is 183 Å². The average molecular weight is 457 g/mol. The van der Waals surface area contributed by atoms with E-state index in [0.717, 1.165) is 24.6 Å². The number of furan rings is 2. The van der Waals surface area contributed by atoms with Crippen molar-refractivity contribution in [3.05, 3.63) is 78.5 Å². The molecule has 3 N–H and O–H groups in total. The van der Waals surface area contributed by atoms with Crippen LogP contribution in [-0.4, -0.2) is 39.1 Å². The lowest BCUT2D eigenvalue weighted by molar-refractivity contribution is -0.402. The van der Waals surface area contributed by atoms with Crippen molar-refractivity contribution in [2.75, 3.05) is 0 Å². The fourth-order valence-electron chi connectivity index (χ4n) is 2.76. The quantitative estimate of drug-likeness (QED) is 0.258. The van der Waals surface area contributed by atoms with Crippen LogP contribution in [0.3, 0.4) is 0 Å². The van der Waals surface area contributed by atoms with Crippen LogP contribution in [0.2, 0.25) is 0 Å². The van der Waals surface area contributed by atoms with Crippen molar-refractivity contribution in [3.63, 3.8) is 0 Å². The summed E-state index contributed by atoms with van der Waals surface area (Å²) in [7, 11) is 0. The second kappa shape index (κ2) is 9.38. The summed E-state index contributed by atoms with van der Waals surface area (Å²) in [6.07, 6.45) is 2.17. The molecule has 3 aromatic heterocycles. The zero-order chi connectivity index (χ0) is 24.1. The number of carbonyl (C=O) groups is 2. The van der Waals surface area contributed by atoms with Gasteiger partial charge in [-0.3, -0.25) is 29.8 Å². The van der Waals surface area contributed by atoms with E-state index in [0.29, 0.717) is 11.3 Å². The van der Waals surface area contributed by atoms with E-state index >= 15 is 0 Å². The number of nitro groups is 2.